The molecule has 0 atom stereocenters. The van der Waals surface area contributed by atoms with Crippen molar-refractivity contribution in [3.8, 4) is 0 Å². The second-order valence-electron chi connectivity index (χ2n) is 5.11. The number of hydrogen-bond acceptors (Lipinski definition) is 2. The molecule has 3 heteroatoms. The molecule has 1 saturated carbocycles. The Labute approximate surface area is 102 Å². The van der Waals surface area contributed by atoms with Crippen LogP contribution in [0.2, 0.25) is 0 Å². The molecule has 0 bridgehead atoms. The van der Waals surface area contributed by atoms with E-state index in [1.54, 1.807) is 0 Å². The quantitative estimate of drug-likeness (QED) is 0.840. The molecule has 17 heavy (non-hydrogen) atoms. The monoisotopic (exact) mass is 233 g/mol. The number of nitrogens with one attached hydrogen (secondary N) is 1. The Morgan fingerprint density at radius 2 is 2.12 bits per heavy atom. The Morgan fingerprint density at radius 1 is 1.41 bits per heavy atom. The van der Waals surface area contributed by atoms with Crippen molar-refractivity contribution in [2.75, 3.05) is 11.9 Å². The van der Waals surface area contributed by atoms with Crippen molar-refractivity contribution in [1.82, 2.24) is 0 Å². The molecule has 0 heterocycles. The molecule has 1 aliphatic rings. The maximum absolute atomic E-state index is 11.2. The first kappa shape index (κ1) is 12.0. The van der Waals surface area contributed by atoms with Crippen molar-refractivity contribution in [3.63, 3.8) is 0 Å². The second kappa shape index (κ2) is 4.40. The van der Waals surface area contributed by atoms with E-state index in [-0.39, 0.29) is 0 Å². The summed E-state index contributed by atoms with van der Waals surface area (Å²) in [4.78, 5) is 11.2. The summed E-state index contributed by atoms with van der Waals surface area (Å²) >= 11 is 0. The molecule has 1 aliphatic carbocycles. The predicted molar refractivity (Wildman–Crippen MR) is 68.3 cm³/mol. The minimum absolute atomic E-state index is 0.530. The van der Waals surface area contributed by atoms with E-state index in [1.165, 1.54) is 11.1 Å². The summed E-state index contributed by atoms with van der Waals surface area (Å²) in [6.07, 6.45) is 2.61. The van der Waals surface area contributed by atoms with E-state index in [1.807, 2.05) is 19.1 Å². The highest BCUT2D eigenvalue weighted by Crippen LogP contribution is 2.41. The fraction of sp³-hybridized carbons (Fsp3) is 0.500. The van der Waals surface area contributed by atoms with Crippen LogP contribution in [0.3, 0.4) is 0 Å². The molecule has 0 aromatic heterocycles. The van der Waals surface area contributed by atoms with Gasteiger partial charge in [0, 0.05) is 12.2 Å². The third-order valence-electron chi connectivity index (χ3n) is 3.76. The highest BCUT2D eigenvalue weighted by molar-refractivity contribution is 5.76. The molecule has 0 amide bonds. The number of aryl methyl sites for hydroxylation is 2. The van der Waals surface area contributed by atoms with Gasteiger partial charge >= 0.3 is 5.97 Å². The second-order valence-corrected chi connectivity index (χ2v) is 5.11. The van der Waals surface area contributed by atoms with Crippen LogP contribution >= 0.6 is 0 Å². The highest BCUT2D eigenvalue weighted by Gasteiger charge is 2.44. The van der Waals surface area contributed by atoms with E-state index >= 15 is 0 Å². The molecule has 0 unspecified atom stereocenters. The minimum Gasteiger partial charge on any atom is -0.481 e. The summed E-state index contributed by atoms with van der Waals surface area (Å²) in [5.74, 6) is -0.666. The Balaban J connectivity index is 2.04. The van der Waals surface area contributed by atoms with Gasteiger partial charge in [0.1, 0.15) is 0 Å². The molecular weight excluding hydrogens is 214 g/mol. The molecule has 0 radical (unpaired) electrons. The maximum Gasteiger partial charge on any atom is 0.311 e. The summed E-state index contributed by atoms with van der Waals surface area (Å²) < 4.78 is 0. The molecule has 0 spiro atoms. The van der Waals surface area contributed by atoms with Crippen LogP contribution in [0.1, 0.15) is 30.4 Å². The van der Waals surface area contributed by atoms with Crippen molar-refractivity contribution in [2.45, 2.75) is 33.1 Å². The summed E-state index contributed by atoms with van der Waals surface area (Å²) in [5.41, 5.74) is 2.91. The summed E-state index contributed by atoms with van der Waals surface area (Å²) in [6, 6.07) is 6.18. The van der Waals surface area contributed by atoms with Crippen LogP contribution in [-0.4, -0.2) is 17.6 Å². The topological polar surface area (TPSA) is 49.3 Å². The maximum atomic E-state index is 11.2. The summed E-state index contributed by atoms with van der Waals surface area (Å²) in [5, 5.41) is 12.5. The van der Waals surface area contributed by atoms with Gasteiger partial charge in [-0.25, -0.2) is 0 Å². The van der Waals surface area contributed by atoms with Gasteiger partial charge in [-0.3, -0.25) is 4.79 Å². The van der Waals surface area contributed by atoms with Crippen LogP contribution in [0.15, 0.2) is 18.2 Å². The van der Waals surface area contributed by atoms with Crippen molar-refractivity contribution in [2.24, 2.45) is 5.41 Å². The number of anilines is 1. The molecule has 0 saturated heterocycles. The number of carboxylic acids is 1. The number of benzene rings is 1. The first-order valence-corrected chi connectivity index (χ1v) is 6.08. The van der Waals surface area contributed by atoms with Crippen molar-refractivity contribution < 1.29 is 9.90 Å². The van der Waals surface area contributed by atoms with E-state index in [4.69, 9.17) is 0 Å². The third kappa shape index (κ3) is 2.28. The van der Waals surface area contributed by atoms with Gasteiger partial charge in [-0.05, 0) is 38.3 Å². The largest absolute Gasteiger partial charge is 0.481 e. The van der Waals surface area contributed by atoms with Gasteiger partial charge in [0.15, 0.2) is 0 Å². The van der Waals surface area contributed by atoms with Gasteiger partial charge in [0.05, 0.1) is 5.41 Å². The smallest absolute Gasteiger partial charge is 0.311 e. The van der Waals surface area contributed by atoms with Crippen molar-refractivity contribution in [3.05, 3.63) is 29.3 Å². The Bertz CT molecular complexity index is 436. The van der Waals surface area contributed by atoms with Crippen molar-refractivity contribution >= 4 is 11.7 Å². The van der Waals surface area contributed by atoms with Crippen LogP contribution in [0.4, 0.5) is 5.69 Å². The van der Waals surface area contributed by atoms with Crippen LogP contribution in [0.25, 0.3) is 0 Å². The number of carboxylic acid groups (broad SMARTS) is 1. The van der Waals surface area contributed by atoms with Crippen molar-refractivity contribution in [1.29, 1.82) is 0 Å². The lowest BCUT2D eigenvalue weighted by Crippen LogP contribution is -2.43. The first-order chi connectivity index (χ1) is 8.03. The lowest BCUT2D eigenvalue weighted by Gasteiger charge is -2.38. The molecule has 3 nitrogen and oxygen atoms in total. The highest BCUT2D eigenvalue weighted by atomic mass is 16.4. The Morgan fingerprint density at radius 3 is 2.59 bits per heavy atom. The van der Waals surface area contributed by atoms with Crippen LogP contribution in [0, 0.1) is 19.3 Å². The molecule has 92 valence electrons. The predicted octanol–water partition coefficient (Wildman–Crippen LogP) is 2.97. The zero-order chi connectivity index (χ0) is 12.5. The molecule has 0 aliphatic heterocycles. The lowest BCUT2D eigenvalue weighted by molar-refractivity contribution is -0.153. The average Bonchev–Trinajstić information content (AvgIpc) is 2.18. The first-order valence-electron chi connectivity index (χ1n) is 6.08. The van der Waals surface area contributed by atoms with E-state index < -0.39 is 11.4 Å². The van der Waals surface area contributed by atoms with Gasteiger partial charge < -0.3 is 10.4 Å². The molecule has 1 aromatic carbocycles. The fourth-order valence-electron chi connectivity index (χ4n) is 2.35. The van der Waals surface area contributed by atoms with E-state index in [0.717, 1.165) is 24.9 Å². The number of hydrogen-bond donors (Lipinski definition) is 2. The van der Waals surface area contributed by atoms with Gasteiger partial charge in [0.25, 0.3) is 0 Å². The van der Waals surface area contributed by atoms with E-state index in [0.29, 0.717) is 6.54 Å². The van der Waals surface area contributed by atoms with Gasteiger partial charge in [-0.2, -0.15) is 0 Å². The van der Waals surface area contributed by atoms with E-state index in [9.17, 15) is 9.90 Å². The Hall–Kier alpha value is -1.51. The normalized spacial score (nSPS) is 17.3. The molecular formula is C14H19NO2. The van der Waals surface area contributed by atoms with E-state index in [2.05, 4.69) is 18.3 Å². The minimum atomic E-state index is -0.666. The van der Waals surface area contributed by atoms with Crippen LogP contribution < -0.4 is 5.32 Å². The summed E-state index contributed by atoms with van der Waals surface area (Å²) in [6.45, 7) is 4.64. The SMILES string of the molecule is Cc1ccc(NCC2(C(=O)O)CCC2)c(C)c1. The van der Waals surface area contributed by atoms with Gasteiger partial charge in [-0.1, -0.05) is 24.1 Å². The Kier molecular flexibility index (Phi) is 3.09. The molecule has 1 fully saturated rings. The zero-order valence-corrected chi connectivity index (χ0v) is 10.4. The molecule has 2 N–H and O–H groups in total. The number of rotatable bonds is 4. The summed E-state index contributed by atoms with van der Waals surface area (Å²) in [7, 11) is 0. The molecule has 1 aromatic rings. The number of carbonyl (C=O) groups is 1. The number of aliphatic carboxylic acids is 1. The van der Waals surface area contributed by atoms with Crippen LogP contribution in [0.5, 0.6) is 0 Å². The fourth-order valence-corrected chi connectivity index (χ4v) is 2.35. The van der Waals surface area contributed by atoms with Gasteiger partial charge in [-0.15, -0.1) is 0 Å². The standard InChI is InChI=1S/C14H19NO2/c1-10-4-5-12(11(2)8-10)15-9-14(13(16)17)6-3-7-14/h4-5,8,15H,3,6-7,9H2,1-2H3,(H,16,17). The average molecular weight is 233 g/mol. The van der Waals surface area contributed by atoms with Crippen LogP contribution in [-0.2, 0) is 4.79 Å². The lowest BCUT2D eigenvalue weighted by atomic mass is 9.69. The third-order valence-corrected chi connectivity index (χ3v) is 3.76. The molecule has 2 rings (SSSR count). The zero-order valence-electron chi connectivity index (χ0n) is 10.4. The van der Waals surface area contributed by atoms with Gasteiger partial charge in [0.2, 0.25) is 0 Å².